The van der Waals surface area contributed by atoms with Crippen LogP contribution in [-0.4, -0.2) is 34.1 Å². The molecule has 2 aromatic carbocycles. The molecule has 1 fully saturated rings. The number of para-hydroxylation sites is 1. The number of rotatable bonds is 6. The minimum atomic E-state index is -0.615. The third kappa shape index (κ3) is 4.69. The minimum absolute atomic E-state index is 0.202. The second-order valence-corrected chi connectivity index (χ2v) is 6.63. The molecule has 3 rings (SSSR count). The Morgan fingerprint density at radius 2 is 1.71 bits per heavy atom. The van der Waals surface area contributed by atoms with Crippen LogP contribution in [0.25, 0.3) is 0 Å². The van der Waals surface area contributed by atoms with Gasteiger partial charge in [0.1, 0.15) is 11.9 Å². The minimum Gasteiger partial charge on any atom is -0.465 e. The molecule has 1 N–H and O–H groups in total. The molecule has 1 aliphatic heterocycles. The Labute approximate surface area is 155 Å². The fraction of sp³-hybridized carbons (Fsp3) is 0.368. The zero-order chi connectivity index (χ0) is 16.8. The lowest BCUT2D eigenvalue weighted by molar-refractivity contribution is -0.229. The van der Waals surface area contributed by atoms with Crippen LogP contribution in [0.1, 0.15) is 12.0 Å². The van der Waals surface area contributed by atoms with Gasteiger partial charge in [0.05, 0.1) is 18.8 Å². The zero-order valence-electron chi connectivity index (χ0n) is 13.3. The summed E-state index contributed by atoms with van der Waals surface area (Å²) in [5.74, 6) is 0.741. The van der Waals surface area contributed by atoms with Gasteiger partial charge in [0, 0.05) is 10.8 Å². The molecule has 0 spiro atoms. The molecule has 0 saturated carbocycles. The Morgan fingerprint density at radius 3 is 2.38 bits per heavy atom. The highest BCUT2D eigenvalue weighted by atomic mass is 127. The lowest BCUT2D eigenvalue weighted by Gasteiger charge is -2.38. The number of aliphatic hydroxyl groups is 1. The monoisotopic (exact) mass is 440 g/mol. The molecule has 1 unspecified atom stereocenters. The van der Waals surface area contributed by atoms with Crippen LogP contribution in [0, 0.1) is 0 Å². The van der Waals surface area contributed by atoms with Crippen molar-refractivity contribution >= 4 is 22.6 Å². The van der Waals surface area contributed by atoms with E-state index in [0.717, 1.165) is 15.7 Å². The van der Waals surface area contributed by atoms with Gasteiger partial charge in [-0.05, 0) is 17.7 Å². The highest BCUT2D eigenvalue weighted by Gasteiger charge is 2.39. The lowest BCUT2D eigenvalue weighted by Crippen LogP contribution is -2.51. The van der Waals surface area contributed by atoms with Gasteiger partial charge >= 0.3 is 0 Å². The zero-order valence-corrected chi connectivity index (χ0v) is 15.4. The number of hydrogen-bond donors (Lipinski definition) is 1. The summed E-state index contributed by atoms with van der Waals surface area (Å²) < 4.78 is 18.5. The maximum atomic E-state index is 10.5. The van der Waals surface area contributed by atoms with E-state index in [0.29, 0.717) is 13.0 Å². The Balaban J connectivity index is 1.59. The van der Waals surface area contributed by atoms with Gasteiger partial charge in [-0.25, -0.2) is 0 Å². The molecule has 0 amide bonds. The van der Waals surface area contributed by atoms with Crippen LogP contribution in [0.3, 0.4) is 0 Å². The average molecular weight is 440 g/mol. The van der Waals surface area contributed by atoms with E-state index < -0.39 is 12.4 Å². The largest absolute Gasteiger partial charge is 0.465 e. The van der Waals surface area contributed by atoms with Crippen LogP contribution in [0.2, 0.25) is 0 Å². The molecule has 0 bridgehead atoms. The van der Waals surface area contributed by atoms with E-state index in [9.17, 15) is 5.11 Å². The number of halogens is 1. The normalized spacial score (nSPS) is 26.9. The molecule has 1 heterocycles. The smallest absolute Gasteiger partial charge is 0.202 e. The van der Waals surface area contributed by atoms with Crippen LogP contribution in [0.4, 0.5) is 0 Å². The summed E-state index contributed by atoms with van der Waals surface area (Å²) in [5, 5.41) is 10.5. The highest BCUT2D eigenvalue weighted by Crippen LogP contribution is 2.27. The van der Waals surface area contributed by atoms with Gasteiger partial charge in [-0.2, -0.15) is 0 Å². The van der Waals surface area contributed by atoms with Gasteiger partial charge < -0.3 is 19.3 Å². The van der Waals surface area contributed by atoms with Crippen molar-refractivity contribution < 1.29 is 19.3 Å². The molecule has 5 heteroatoms. The van der Waals surface area contributed by atoms with Crippen LogP contribution in [0.15, 0.2) is 60.7 Å². The van der Waals surface area contributed by atoms with Gasteiger partial charge in [0.15, 0.2) is 0 Å². The van der Waals surface area contributed by atoms with E-state index in [1.54, 1.807) is 0 Å². The van der Waals surface area contributed by atoms with Crippen molar-refractivity contribution in [3.05, 3.63) is 66.2 Å². The molecule has 128 valence electrons. The summed E-state index contributed by atoms with van der Waals surface area (Å²) in [5.41, 5.74) is 1.08. The Morgan fingerprint density at radius 1 is 1.04 bits per heavy atom. The summed E-state index contributed by atoms with van der Waals surface area (Å²) >= 11 is 2.26. The first-order valence-corrected chi connectivity index (χ1v) is 9.55. The Kier molecular flexibility index (Phi) is 6.48. The molecule has 0 aromatic heterocycles. The number of hydrogen-bond acceptors (Lipinski definition) is 4. The molecule has 4 nitrogen and oxygen atoms in total. The number of aliphatic hydroxyl groups excluding tert-OH is 1. The Hall–Kier alpha value is -1.15. The molecule has 0 aliphatic carbocycles. The molecular weight excluding hydrogens is 419 g/mol. The fourth-order valence-corrected chi connectivity index (χ4v) is 3.45. The topological polar surface area (TPSA) is 47.9 Å². The SMILES string of the molecule is O[C@@H]1CC(Oc2ccccc2)O[C@H](CI)[C@H]1OCc1ccccc1. The summed E-state index contributed by atoms with van der Waals surface area (Å²) in [6, 6.07) is 19.5. The fourth-order valence-electron chi connectivity index (χ4n) is 2.74. The lowest BCUT2D eigenvalue weighted by atomic mass is 10.0. The second kappa shape index (κ2) is 8.80. The maximum Gasteiger partial charge on any atom is 0.202 e. The molecule has 2 aromatic rings. The van der Waals surface area contributed by atoms with Crippen molar-refractivity contribution in [1.29, 1.82) is 0 Å². The number of benzene rings is 2. The highest BCUT2D eigenvalue weighted by molar-refractivity contribution is 14.1. The first-order valence-electron chi connectivity index (χ1n) is 8.03. The number of ether oxygens (including phenoxy) is 3. The molecule has 0 radical (unpaired) electrons. The van der Waals surface area contributed by atoms with Crippen molar-refractivity contribution in [1.82, 2.24) is 0 Å². The first kappa shape index (κ1) is 17.7. The summed E-state index contributed by atoms with van der Waals surface area (Å²) in [6.45, 7) is 0.462. The van der Waals surface area contributed by atoms with E-state index in [2.05, 4.69) is 22.6 Å². The maximum absolute atomic E-state index is 10.5. The predicted molar refractivity (Wildman–Crippen MR) is 100 cm³/mol. The first-order chi connectivity index (χ1) is 11.8. The number of alkyl halides is 1. The van der Waals surface area contributed by atoms with Gasteiger partial charge in [0.25, 0.3) is 0 Å². The Bertz CT molecular complexity index is 607. The van der Waals surface area contributed by atoms with Crippen molar-refractivity contribution in [3.63, 3.8) is 0 Å². The van der Waals surface area contributed by atoms with Crippen LogP contribution < -0.4 is 4.74 Å². The van der Waals surface area contributed by atoms with E-state index >= 15 is 0 Å². The van der Waals surface area contributed by atoms with Crippen molar-refractivity contribution in [2.75, 3.05) is 4.43 Å². The van der Waals surface area contributed by atoms with Crippen molar-refractivity contribution in [2.24, 2.45) is 0 Å². The third-order valence-corrected chi connectivity index (χ3v) is 4.82. The van der Waals surface area contributed by atoms with E-state index in [1.165, 1.54) is 0 Å². The molecule has 1 aliphatic rings. The van der Waals surface area contributed by atoms with Crippen molar-refractivity contribution in [2.45, 2.75) is 37.6 Å². The third-order valence-electron chi connectivity index (χ3n) is 3.95. The summed E-state index contributed by atoms with van der Waals surface area (Å²) in [7, 11) is 0. The van der Waals surface area contributed by atoms with E-state index in [-0.39, 0.29) is 12.2 Å². The molecule has 1 saturated heterocycles. The quantitative estimate of drug-likeness (QED) is 0.552. The molecular formula is C19H21IO4. The standard InChI is InChI=1S/C19H21IO4/c20-12-17-19(22-13-14-7-3-1-4-8-14)16(21)11-18(24-17)23-15-9-5-2-6-10-15/h1-10,16-19,21H,11-13H2/t16-,17-,18?,19+/m1/s1. The molecule has 4 atom stereocenters. The van der Waals surface area contributed by atoms with Crippen LogP contribution in [-0.2, 0) is 16.1 Å². The van der Waals surface area contributed by atoms with Crippen molar-refractivity contribution in [3.8, 4) is 5.75 Å². The summed E-state index contributed by atoms with van der Waals surface area (Å²) in [4.78, 5) is 0. The van der Waals surface area contributed by atoms with E-state index in [4.69, 9.17) is 14.2 Å². The van der Waals surface area contributed by atoms with Gasteiger partial charge in [0.2, 0.25) is 6.29 Å². The average Bonchev–Trinajstić information content (AvgIpc) is 2.62. The molecule has 24 heavy (non-hydrogen) atoms. The summed E-state index contributed by atoms with van der Waals surface area (Å²) in [6.07, 6.45) is -1.24. The van der Waals surface area contributed by atoms with Gasteiger partial charge in [-0.15, -0.1) is 0 Å². The van der Waals surface area contributed by atoms with Gasteiger partial charge in [-0.3, -0.25) is 0 Å². The van der Waals surface area contributed by atoms with Crippen LogP contribution >= 0.6 is 22.6 Å². The van der Waals surface area contributed by atoms with Gasteiger partial charge in [-0.1, -0.05) is 71.1 Å². The van der Waals surface area contributed by atoms with Crippen LogP contribution in [0.5, 0.6) is 5.75 Å². The second-order valence-electron chi connectivity index (χ2n) is 5.75. The van der Waals surface area contributed by atoms with E-state index in [1.807, 2.05) is 60.7 Å². The predicted octanol–water partition coefficient (Wildman–Crippen LogP) is 3.56.